The maximum absolute atomic E-state index is 13.0. The van der Waals surface area contributed by atoms with Crippen LogP contribution in [0, 0.1) is 23.7 Å². The van der Waals surface area contributed by atoms with Crippen LogP contribution in [0.1, 0.15) is 40.0 Å². The number of Topliss-reactive ketones (excluding diaryl/α,β-unsaturated/α-hetero) is 2. The van der Waals surface area contributed by atoms with Crippen molar-refractivity contribution in [2.75, 3.05) is 6.61 Å². The van der Waals surface area contributed by atoms with Crippen LogP contribution in [0.25, 0.3) is 0 Å². The van der Waals surface area contributed by atoms with Crippen LogP contribution in [0.5, 0.6) is 0 Å². The van der Waals surface area contributed by atoms with E-state index in [0.29, 0.717) is 11.1 Å². The molecule has 0 radical (unpaired) electrons. The molecule has 0 unspecified atom stereocenters. The van der Waals surface area contributed by atoms with E-state index in [-0.39, 0.29) is 35.9 Å². The van der Waals surface area contributed by atoms with Gasteiger partial charge in [-0.05, 0) is 31.1 Å². The maximum atomic E-state index is 13.0. The summed E-state index contributed by atoms with van der Waals surface area (Å²) in [5.41, 5.74) is 1.17. The van der Waals surface area contributed by atoms with Crippen molar-refractivity contribution in [1.82, 2.24) is 0 Å². The molecule has 0 amide bonds. The fourth-order valence-electron chi connectivity index (χ4n) is 4.74. The number of carbonyl (C=O) groups is 3. The lowest BCUT2D eigenvalue weighted by atomic mass is 9.75. The molecule has 0 spiro atoms. The van der Waals surface area contributed by atoms with Gasteiger partial charge in [-0.3, -0.25) is 14.4 Å². The van der Waals surface area contributed by atoms with E-state index in [1.807, 2.05) is 24.3 Å². The Hall–Kier alpha value is -2.75. The van der Waals surface area contributed by atoms with Gasteiger partial charge in [0.25, 0.3) is 0 Å². The Morgan fingerprint density at radius 1 is 0.778 bits per heavy atom. The first-order chi connectivity index (χ1) is 13.1. The zero-order valence-electron chi connectivity index (χ0n) is 15.0. The summed E-state index contributed by atoms with van der Waals surface area (Å²) < 4.78 is 5.37. The molecule has 2 aromatic carbocycles. The van der Waals surface area contributed by atoms with Crippen molar-refractivity contribution in [3.63, 3.8) is 0 Å². The number of hydrogen-bond donors (Lipinski definition) is 0. The van der Waals surface area contributed by atoms with Gasteiger partial charge >= 0.3 is 5.97 Å². The lowest BCUT2D eigenvalue weighted by Crippen LogP contribution is -2.36. The first-order valence-electron chi connectivity index (χ1n) is 9.49. The third kappa shape index (κ3) is 3.44. The molecular formula is C23H22O4. The summed E-state index contributed by atoms with van der Waals surface area (Å²) in [6, 6.07) is 17.9. The van der Waals surface area contributed by atoms with Gasteiger partial charge in [-0.1, -0.05) is 60.7 Å². The minimum Gasteiger partial charge on any atom is -0.457 e. The maximum Gasteiger partial charge on any atom is 0.310 e. The van der Waals surface area contributed by atoms with Gasteiger partial charge in [0.1, 0.15) is 0 Å². The molecule has 2 aromatic rings. The molecule has 138 valence electrons. The van der Waals surface area contributed by atoms with Gasteiger partial charge in [-0.2, -0.15) is 0 Å². The summed E-state index contributed by atoms with van der Waals surface area (Å²) in [5, 5.41) is 0. The van der Waals surface area contributed by atoms with Gasteiger partial charge in [0.2, 0.25) is 0 Å². The number of carbonyl (C=O) groups excluding carboxylic acids is 3. The number of benzene rings is 2. The largest absolute Gasteiger partial charge is 0.457 e. The highest BCUT2D eigenvalue weighted by Crippen LogP contribution is 2.53. The van der Waals surface area contributed by atoms with E-state index in [4.69, 9.17) is 4.74 Å². The highest BCUT2D eigenvalue weighted by Gasteiger charge is 2.54. The highest BCUT2D eigenvalue weighted by atomic mass is 16.5. The minimum atomic E-state index is -0.431. The van der Waals surface area contributed by atoms with Crippen molar-refractivity contribution in [3.8, 4) is 0 Å². The molecular weight excluding hydrogens is 340 g/mol. The quantitative estimate of drug-likeness (QED) is 0.576. The fraction of sp³-hybridized carbons (Fsp3) is 0.348. The Balaban J connectivity index is 1.47. The number of fused-ring (bicyclic) bond motifs is 2. The molecule has 2 bridgehead atoms. The molecule has 4 nitrogen and oxygen atoms in total. The van der Waals surface area contributed by atoms with Gasteiger partial charge in [-0.25, -0.2) is 0 Å². The van der Waals surface area contributed by atoms with E-state index >= 15 is 0 Å². The first-order valence-corrected chi connectivity index (χ1v) is 9.49. The molecule has 27 heavy (non-hydrogen) atoms. The van der Waals surface area contributed by atoms with E-state index in [1.165, 1.54) is 0 Å². The number of ketones is 2. The summed E-state index contributed by atoms with van der Waals surface area (Å²) >= 11 is 0. The Labute approximate surface area is 158 Å². The molecule has 0 heterocycles. The third-order valence-electron chi connectivity index (χ3n) is 5.99. The standard InChI is InChI=1S/C23H22O4/c24-19(15-7-3-1-4-8-15)14-27-23(26)21-18-12-11-17(13-18)20(21)22(25)16-9-5-2-6-10-16/h1-10,17-18,20-21H,11-14H2/t17-,18-,20+,21+/m0/s1. The number of ether oxygens (including phenoxy) is 1. The van der Waals surface area contributed by atoms with Crippen molar-refractivity contribution in [2.24, 2.45) is 23.7 Å². The number of hydrogen-bond acceptors (Lipinski definition) is 4. The van der Waals surface area contributed by atoms with Crippen molar-refractivity contribution in [1.29, 1.82) is 0 Å². The molecule has 2 saturated carbocycles. The Bertz CT molecular complexity index is 843. The van der Waals surface area contributed by atoms with Crippen LogP contribution in [0.4, 0.5) is 0 Å². The van der Waals surface area contributed by atoms with Crippen LogP contribution < -0.4 is 0 Å². The van der Waals surface area contributed by atoms with E-state index in [9.17, 15) is 14.4 Å². The van der Waals surface area contributed by atoms with Gasteiger partial charge in [0.05, 0.1) is 5.92 Å². The topological polar surface area (TPSA) is 60.4 Å². The fourth-order valence-corrected chi connectivity index (χ4v) is 4.74. The normalized spacial score (nSPS) is 25.9. The van der Waals surface area contributed by atoms with E-state index in [1.54, 1.807) is 36.4 Å². The lowest BCUT2D eigenvalue weighted by Gasteiger charge is -2.28. The van der Waals surface area contributed by atoms with Gasteiger partial charge in [0, 0.05) is 17.0 Å². The average Bonchev–Trinajstić information content (AvgIpc) is 3.34. The zero-order chi connectivity index (χ0) is 18.8. The van der Waals surface area contributed by atoms with Crippen LogP contribution in [-0.4, -0.2) is 24.1 Å². The molecule has 0 N–H and O–H groups in total. The molecule has 2 fully saturated rings. The van der Waals surface area contributed by atoms with E-state index in [2.05, 4.69) is 0 Å². The van der Waals surface area contributed by atoms with E-state index in [0.717, 1.165) is 19.3 Å². The average molecular weight is 362 g/mol. The molecule has 2 aliphatic rings. The summed E-state index contributed by atoms with van der Waals surface area (Å²) in [5.74, 6) is -0.930. The number of rotatable bonds is 6. The van der Waals surface area contributed by atoms with Crippen LogP contribution in [0.2, 0.25) is 0 Å². The second-order valence-electron chi connectivity index (χ2n) is 7.51. The SMILES string of the molecule is O=C(COC(=O)[C@@H]1[C@H]2CC[C@@H](C2)[C@H]1C(=O)c1ccccc1)c1ccccc1. The van der Waals surface area contributed by atoms with Crippen molar-refractivity contribution >= 4 is 17.5 Å². The van der Waals surface area contributed by atoms with Crippen LogP contribution in [-0.2, 0) is 9.53 Å². The van der Waals surface area contributed by atoms with Crippen LogP contribution in [0.3, 0.4) is 0 Å². The Morgan fingerprint density at radius 3 is 1.96 bits per heavy atom. The summed E-state index contributed by atoms with van der Waals surface area (Å²) in [6.07, 6.45) is 2.84. The van der Waals surface area contributed by atoms with Crippen molar-refractivity contribution in [3.05, 3.63) is 71.8 Å². The lowest BCUT2D eigenvalue weighted by molar-refractivity contribution is -0.150. The van der Waals surface area contributed by atoms with Crippen LogP contribution >= 0.6 is 0 Å². The minimum absolute atomic E-state index is 0.0270. The van der Waals surface area contributed by atoms with E-state index < -0.39 is 11.9 Å². The van der Waals surface area contributed by atoms with Crippen molar-refractivity contribution < 1.29 is 19.1 Å². The molecule has 0 aromatic heterocycles. The number of esters is 1. The zero-order valence-corrected chi connectivity index (χ0v) is 15.0. The van der Waals surface area contributed by atoms with Gasteiger partial charge < -0.3 is 4.74 Å². The van der Waals surface area contributed by atoms with Gasteiger partial charge in [0.15, 0.2) is 18.2 Å². The Morgan fingerprint density at radius 2 is 1.33 bits per heavy atom. The second-order valence-corrected chi connectivity index (χ2v) is 7.51. The second kappa shape index (κ2) is 7.47. The smallest absolute Gasteiger partial charge is 0.310 e. The molecule has 0 saturated heterocycles. The monoisotopic (exact) mass is 362 g/mol. The summed E-state index contributed by atoms with van der Waals surface area (Å²) in [4.78, 5) is 38.0. The molecule has 0 aliphatic heterocycles. The van der Waals surface area contributed by atoms with Gasteiger partial charge in [-0.15, -0.1) is 0 Å². The molecule has 2 aliphatic carbocycles. The predicted octanol–water partition coefficient (Wildman–Crippen LogP) is 3.96. The third-order valence-corrected chi connectivity index (χ3v) is 5.99. The highest BCUT2D eigenvalue weighted by molar-refractivity contribution is 6.01. The van der Waals surface area contributed by atoms with Crippen molar-refractivity contribution in [2.45, 2.75) is 19.3 Å². The summed E-state index contributed by atoms with van der Waals surface area (Å²) in [7, 11) is 0. The molecule has 4 rings (SSSR count). The molecule has 4 atom stereocenters. The predicted molar refractivity (Wildman–Crippen MR) is 100 cm³/mol. The van der Waals surface area contributed by atoms with Crippen LogP contribution in [0.15, 0.2) is 60.7 Å². The Kier molecular flexibility index (Phi) is 4.88. The molecule has 4 heteroatoms. The first kappa shape index (κ1) is 17.7. The summed E-state index contributed by atoms with van der Waals surface area (Å²) in [6.45, 7) is -0.275.